The van der Waals surface area contributed by atoms with Crippen molar-refractivity contribution in [1.82, 2.24) is 14.6 Å². The van der Waals surface area contributed by atoms with Crippen LogP contribution in [0.1, 0.15) is 34.6 Å². The molecule has 1 aliphatic rings. The van der Waals surface area contributed by atoms with Crippen molar-refractivity contribution in [1.29, 1.82) is 0 Å². The molecule has 0 spiro atoms. The fourth-order valence-corrected chi connectivity index (χ4v) is 3.62. The first-order valence-electron chi connectivity index (χ1n) is 8.82. The highest BCUT2D eigenvalue weighted by Gasteiger charge is 2.25. The van der Waals surface area contributed by atoms with E-state index in [1.807, 2.05) is 18.2 Å². The number of Topliss-reactive ketones (excluding diaryl/α,β-unsaturated/α-hetero) is 1. The summed E-state index contributed by atoms with van der Waals surface area (Å²) >= 11 is 0. The van der Waals surface area contributed by atoms with Gasteiger partial charge >= 0.3 is 0 Å². The molecular weight excluding hydrogens is 346 g/mol. The van der Waals surface area contributed by atoms with Gasteiger partial charge in [0.05, 0.1) is 43.3 Å². The van der Waals surface area contributed by atoms with E-state index in [-0.39, 0.29) is 5.78 Å². The van der Waals surface area contributed by atoms with Crippen LogP contribution in [0.5, 0.6) is 11.5 Å². The van der Waals surface area contributed by atoms with Crippen molar-refractivity contribution in [2.24, 2.45) is 0 Å². The van der Waals surface area contributed by atoms with Crippen molar-refractivity contribution in [2.75, 3.05) is 21.3 Å². The lowest BCUT2D eigenvalue weighted by molar-refractivity contribution is 0.0970. The van der Waals surface area contributed by atoms with Crippen molar-refractivity contribution >= 4 is 11.4 Å². The summed E-state index contributed by atoms with van der Waals surface area (Å²) in [5.74, 6) is 1.41. The highest BCUT2D eigenvalue weighted by Crippen LogP contribution is 2.36. The van der Waals surface area contributed by atoms with Crippen molar-refractivity contribution in [2.45, 2.75) is 25.9 Å². The molecule has 1 aliphatic carbocycles. The number of carbonyl (C=O) groups excluding carboxylic acids is 1. The summed E-state index contributed by atoms with van der Waals surface area (Å²) in [5.41, 5.74) is 4.84. The zero-order valence-corrected chi connectivity index (χ0v) is 15.6. The molecular formula is C20H21N3O4. The molecule has 0 atom stereocenters. The Morgan fingerprint density at radius 2 is 1.93 bits per heavy atom. The lowest BCUT2D eigenvalue weighted by Gasteiger charge is -2.15. The van der Waals surface area contributed by atoms with Gasteiger partial charge in [0, 0.05) is 19.7 Å². The predicted molar refractivity (Wildman–Crippen MR) is 99.5 cm³/mol. The van der Waals surface area contributed by atoms with Gasteiger partial charge in [-0.3, -0.25) is 4.79 Å². The van der Waals surface area contributed by atoms with Crippen LogP contribution in [0.25, 0.3) is 16.8 Å². The molecule has 2 heterocycles. The van der Waals surface area contributed by atoms with E-state index in [2.05, 4.69) is 4.98 Å². The second-order valence-electron chi connectivity index (χ2n) is 6.46. The molecule has 0 saturated heterocycles. The number of methoxy groups -OCH3 is 3. The number of nitrogens with zero attached hydrogens (tertiary/aromatic N) is 3. The average molecular weight is 367 g/mol. The molecule has 0 bridgehead atoms. The number of fused-ring (bicyclic) bond motifs is 3. The minimum atomic E-state index is 0.127. The standard InChI is InChI=1S/C20H21N3O4/c1-25-11-14-19(12-7-8-17(26-2)18(9-12)27-3)20-21-10-13-15(23(20)22-14)5-4-6-16(13)24/h7-10H,4-6,11H2,1-3H3. The maximum Gasteiger partial charge on any atom is 0.166 e. The summed E-state index contributed by atoms with van der Waals surface area (Å²) in [7, 11) is 4.84. The van der Waals surface area contributed by atoms with Crippen molar-refractivity contribution in [3.8, 4) is 22.6 Å². The number of hydrogen-bond acceptors (Lipinski definition) is 6. The number of benzene rings is 1. The summed E-state index contributed by atoms with van der Waals surface area (Å²) in [5, 5.41) is 4.73. The van der Waals surface area contributed by atoms with Crippen LogP contribution in [0.2, 0.25) is 0 Å². The van der Waals surface area contributed by atoms with Gasteiger partial charge in [-0.15, -0.1) is 0 Å². The number of carbonyl (C=O) groups is 1. The molecule has 2 aromatic heterocycles. The number of rotatable bonds is 5. The first kappa shape index (κ1) is 17.5. The lowest BCUT2D eigenvalue weighted by Crippen LogP contribution is -2.16. The molecule has 1 aromatic carbocycles. The topological polar surface area (TPSA) is 75.0 Å². The Labute approximate surface area is 156 Å². The van der Waals surface area contributed by atoms with E-state index in [4.69, 9.17) is 19.3 Å². The van der Waals surface area contributed by atoms with Crippen molar-refractivity contribution in [3.05, 3.63) is 41.3 Å². The predicted octanol–water partition coefficient (Wildman–Crippen LogP) is 3.08. The Balaban J connectivity index is 1.97. The molecule has 0 N–H and O–H groups in total. The Bertz CT molecular complexity index is 1030. The zero-order chi connectivity index (χ0) is 19.0. The van der Waals surface area contributed by atoms with E-state index in [0.717, 1.165) is 35.4 Å². The van der Waals surface area contributed by atoms with Gasteiger partial charge in [0.1, 0.15) is 0 Å². The van der Waals surface area contributed by atoms with E-state index in [0.29, 0.717) is 35.7 Å². The third kappa shape index (κ3) is 2.84. The van der Waals surface area contributed by atoms with Crippen LogP contribution in [0, 0.1) is 0 Å². The molecule has 0 radical (unpaired) electrons. The number of aromatic nitrogens is 3. The summed E-state index contributed by atoms with van der Waals surface area (Å²) in [6, 6.07) is 5.71. The molecule has 3 aromatic rings. The third-order valence-electron chi connectivity index (χ3n) is 4.89. The molecule has 0 fully saturated rings. The number of aryl methyl sites for hydroxylation is 1. The third-order valence-corrected chi connectivity index (χ3v) is 4.89. The Morgan fingerprint density at radius 1 is 1.11 bits per heavy atom. The monoisotopic (exact) mass is 367 g/mol. The van der Waals surface area contributed by atoms with Crippen LogP contribution in [0.3, 0.4) is 0 Å². The van der Waals surface area contributed by atoms with Gasteiger partial charge in [0.25, 0.3) is 0 Å². The minimum Gasteiger partial charge on any atom is -0.493 e. The summed E-state index contributed by atoms with van der Waals surface area (Å²) < 4.78 is 17.9. The van der Waals surface area contributed by atoms with Crippen molar-refractivity contribution < 1.29 is 19.0 Å². The van der Waals surface area contributed by atoms with E-state index in [1.54, 1.807) is 32.0 Å². The van der Waals surface area contributed by atoms with Crippen LogP contribution in [0.4, 0.5) is 0 Å². The number of ketones is 1. The first-order valence-corrected chi connectivity index (χ1v) is 8.82. The average Bonchev–Trinajstić information content (AvgIpc) is 3.06. The quantitative estimate of drug-likeness (QED) is 0.690. The minimum absolute atomic E-state index is 0.127. The second-order valence-corrected chi connectivity index (χ2v) is 6.46. The van der Waals surface area contributed by atoms with E-state index in [1.165, 1.54) is 0 Å². The number of hydrogen-bond donors (Lipinski definition) is 0. The largest absolute Gasteiger partial charge is 0.493 e. The van der Waals surface area contributed by atoms with Gasteiger partial charge in [-0.1, -0.05) is 6.07 Å². The second kappa shape index (κ2) is 7.00. The molecule has 0 saturated carbocycles. The van der Waals surface area contributed by atoms with Crippen LogP contribution in [-0.4, -0.2) is 41.7 Å². The summed E-state index contributed by atoms with van der Waals surface area (Å²) in [6.45, 7) is 0.343. The maximum absolute atomic E-state index is 12.2. The highest BCUT2D eigenvalue weighted by atomic mass is 16.5. The molecule has 140 valence electrons. The molecule has 4 rings (SSSR count). The molecule has 7 nitrogen and oxygen atoms in total. The van der Waals surface area contributed by atoms with Gasteiger partial charge in [-0.05, 0) is 30.5 Å². The zero-order valence-electron chi connectivity index (χ0n) is 15.6. The van der Waals surface area contributed by atoms with Gasteiger partial charge in [0.15, 0.2) is 22.9 Å². The molecule has 0 amide bonds. The van der Waals surface area contributed by atoms with Gasteiger partial charge < -0.3 is 14.2 Å². The Kier molecular flexibility index (Phi) is 4.53. The number of ether oxygens (including phenoxy) is 3. The first-order chi connectivity index (χ1) is 13.2. The normalized spacial score (nSPS) is 13.7. The van der Waals surface area contributed by atoms with E-state index in [9.17, 15) is 4.79 Å². The van der Waals surface area contributed by atoms with Crippen LogP contribution in [0.15, 0.2) is 24.4 Å². The smallest absolute Gasteiger partial charge is 0.166 e. The van der Waals surface area contributed by atoms with Gasteiger partial charge in [-0.2, -0.15) is 5.10 Å². The molecule has 0 unspecified atom stereocenters. The fourth-order valence-electron chi connectivity index (χ4n) is 3.62. The van der Waals surface area contributed by atoms with Crippen LogP contribution in [-0.2, 0) is 17.8 Å². The maximum atomic E-state index is 12.2. The van der Waals surface area contributed by atoms with E-state index >= 15 is 0 Å². The summed E-state index contributed by atoms with van der Waals surface area (Å²) in [6.07, 6.45) is 3.87. The van der Waals surface area contributed by atoms with Gasteiger partial charge in [-0.25, -0.2) is 9.50 Å². The van der Waals surface area contributed by atoms with Gasteiger partial charge in [0.2, 0.25) is 0 Å². The Morgan fingerprint density at radius 3 is 2.67 bits per heavy atom. The van der Waals surface area contributed by atoms with E-state index < -0.39 is 0 Å². The molecule has 0 aliphatic heterocycles. The van der Waals surface area contributed by atoms with Crippen LogP contribution >= 0.6 is 0 Å². The SMILES string of the molecule is COCc1nn2c3c(cnc2c1-c1ccc(OC)c(OC)c1)C(=O)CCC3. The Hall–Kier alpha value is -2.93. The lowest BCUT2D eigenvalue weighted by atomic mass is 9.96. The molecule has 27 heavy (non-hydrogen) atoms. The molecule has 7 heteroatoms. The highest BCUT2D eigenvalue weighted by molar-refractivity contribution is 5.98. The fraction of sp³-hybridized carbons (Fsp3) is 0.350. The summed E-state index contributed by atoms with van der Waals surface area (Å²) in [4.78, 5) is 16.8. The van der Waals surface area contributed by atoms with Crippen LogP contribution < -0.4 is 9.47 Å². The van der Waals surface area contributed by atoms with Crippen molar-refractivity contribution in [3.63, 3.8) is 0 Å².